The zero-order chi connectivity index (χ0) is 23.8. The maximum Gasteiger partial charge on any atom is 0.262 e. The van der Waals surface area contributed by atoms with E-state index in [1.807, 2.05) is 51.1 Å². The molecule has 7 heteroatoms. The second-order valence-corrected chi connectivity index (χ2v) is 9.67. The Morgan fingerprint density at radius 3 is 2.21 bits per heavy atom. The quantitative estimate of drug-likeness (QED) is 0.730. The first-order chi connectivity index (χ1) is 15.6. The van der Waals surface area contributed by atoms with Crippen molar-refractivity contribution in [3.05, 3.63) is 70.8 Å². The molecule has 0 aliphatic carbocycles. The van der Waals surface area contributed by atoms with Crippen LogP contribution in [0.15, 0.2) is 48.5 Å². The van der Waals surface area contributed by atoms with Crippen LogP contribution in [0.2, 0.25) is 0 Å². The van der Waals surface area contributed by atoms with Crippen molar-refractivity contribution in [1.82, 2.24) is 15.1 Å². The summed E-state index contributed by atoms with van der Waals surface area (Å²) in [6.45, 7) is 6.47. The average Bonchev–Trinajstić information content (AvgIpc) is 3.04. The summed E-state index contributed by atoms with van der Waals surface area (Å²) >= 11 is 0. The molecule has 2 aliphatic heterocycles. The summed E-state index contributed by atoms with van der Waals surface area (Å²) in [5, 5.41) is 3.07. The molecule has 0 unspecified atom stereocenters. The van der Waals surface area contributed by atoms with Crippen molar-refractivity contribution in [2.75, 3.05) is 13.1 Å². The number of carbonyl (C=O) groups is 4. The molecule has 1 fully saturated rings. The van der Waals surface area contributed by atoms with E-state index in [9.17, 15) is 19.2 Å². The van der Waals surface area contributed by atoms with Gasteiger partial charge in [0.15, 0.2) is 0 Å². The minimum absolute atomic E-state index is 0.0174. The van der Waals surface area contributed by atoms with Crippen LogP contribution in [-0.2, 0) is 11.2 Å². The molecule has 2 aromatic rings. The number of hydrogen-bond acceptors (Lipinski definition) is 4. The Balaban J connectivity index is 1.36. The number of piperidine rings is 1. The SMILES string of the molecule is CC(C)(C)N1C(=O)c2ccc(C(=O)N3CCC(NC(=O)Cc4ccccc4)CC3)cc2C1=O. The van der Waals surface area contributed by atoms with Crippen LogP contribution in [0.4, 0.5) is 0 Å². The van der Waals surface area contributed by atoms with Gasteiger partial charge in [-0.3, -0.25) is 24.1 Å². The van der Waals surface area contributed by atoms with E-state index in [4.69, 9.17) is 0 Å². The number of carbonyl (C=O) groups excluding carboxylic acids is 4. The van der Waals surface area contributed by atoms with Crippen molar-refractivity contribution in [3.63, 3.8) is 0 Å². The number of amides is 4. The van der Waals surface area contributed by atoms with E-state index >= 15 is 0 Å². The van der Waals surface area contributed by atoms with Crippen LogP contribution in [0.1, 0.15) is 70.3 Å². The number of likely N-dealkylation sites (tertiary alicyclic amines) is 1. The second-order valence-electron chi connectivity index (χ2n) is 9.67. The molecule has 4 rings (SSSR count). The molecule has 2 heterocycles. The van der Waals surface area contributed by atoms with Gasteiger partial charge in [0, 0.05) is 30.2 Å². The van der Waals surface area contributed by atoms with E-state index in [0.717, 1.165) is 5.56 Å². The zero-order valence-electron chi connectivity index (χ0n) is 19.3. The van der Waals surface area contributed by atoms with Gasteiger partial charge in [-0.15, -0.1) is 0 Å². The monoisotopic (exact) mass is 447 g/mol. The summed E-state index contributed by atoms with van der Waals surface area (Å²) in [6, 6.07) is 14.4. The highest BCUT2D eigenvalue weighted by Gasteiger charge is 2.42. The van der Waals surface area contributed by atoms with E-state index in [-0.39, 0.29) is 35.2 Å². The van der Waals surface area contributed by atoms with Gasteiger partial charge in [-0.2, -0.15) is 0 Å². The summed E-state index contributed by atoms with van der Waals surface area (Å²) in [7, 11) is 0. The molecular weight excluding hydrogens is 418 g/mol. The Morgan fingerprint density at radius 1 is 0.939 bits per heavy atom. The van der Waals surface area contributed by atoms with Crippen molar-refractivity contribution in [1.29, 1.82) is 0 Å². The van der Waals surface area contributed by atoms with E-state index in [1.165, 1.54) is 11.0 Å². The third-order valence-corrected chi connectivity index (χ3v) is 6.16. The molecule has 0 atom stereocenters. The lowest BCUT2D eigenvalue weighted by Crippen LogP contribution is -2.47. The first-order valence-electron chi connectivity index (χ1n) is 11.3. The average molecular weight is 448 g/mol. The number of rotatable bonds is 4. The Kier molecular flexibility index (Phi) is 6.06. The first kappa shape index (κ1) is 22.7. The van der Waals surface area contributed by atoms with E-state index in [0.29, 0.717) is 43.5 Å². The van der Waals surface area contributed by atoms with Gasteiger partial charge in [0.05, 0.1) is 17.5 Å². The van der Waals surface area contributed by atoms with Crippen LogP contribution < -0.4 is 5.32 Å². The topological polar surface area (TPSA) is 86.8 Å². The number of nitrogens with zero attached hydrogens (tertiary/aromatic N) is 2. The number of fused-ring (bicyclic) bond motifs is 1. The fourth-order valence-corrected chi connectivity index (χ4v) is 4.45. The summed E-state index contributed by atoms with van der Waals surface area (Å²) in [5.74, 6) is -0.872. The van der Waals surface area contributed by atoms with Crippen molar-refractivity contribution in [3.8, 4) is 0 Å². The summed E-state index contributed by atoms with van der Waals surface area (Å²) in [6.07, 6.45) is 1.69. The molecule has 0 radical (unpaired) electrons. The first-order valence-corrected chi connectivity index (χ1v) is 11.3. The molecule has 1 N–H and O–H groups in total. The smallest absolute Gasteiger partial charge is 0.262 e. The standard InChI is InChI=1S/C26H29N3O4/c1-26(2,3)29-24(32)20-10-9-18(16-21(20)25(29)33)23(31)28-13-11-19(12-14-28)27-22(30)15-17-7-5-4-6-8-17/h4-10,16,19H,11-15H2,1-3H3,(H,27,30). The van der Waals surface area contributed by atoms with Crippen molar-refractivity contribution in [2.24, 2.45) is 0 Å². The lowest BCUT2D eigenvalue weighted by atomic mass is 10.0. The predicted molar refractivity (Wildman–Crippen MR) is 124 cm³/mol. The van der Waals surface area contributed by atoms with E-state index < -0.39 is 5.54 Å². The highest BCUT2D eigenvalue weighted by Crippen LogP contribution is 2.30. The van der Waals surface area contributed by atoms with Gasteiger partial charge in [-0.05, 0) is 57.4 Å². The number of nitrogens with one attached hydrogen (secondary N) is 1. The summed E-state index contributed by atoms with van der Waals surface area (Å²) in [4.78, 5) is 53.8. The largest absolute Gasteiger partial charge is 0.353 e. The molecular formula is C26H29N3O4. The normalized spacial score (nSPS) is 16.7. The molecule has 172 valence electrons. The van der Waals surface area contributed by atoms with Gasteiger partial charge in [0.1, 0.15) is 0 Å². The lowest BCUT2D eigenvalue weighted by molar-refractivity contribution is -0.121. The molecule has 0 saturated carbocycles. The predicted octanol–water partition coefficient (Wildman–Crippen LogP) is 3.04. The van der Waals surface area contributed by atoms with Gasteiger partial charge >= 0.3 is 0 Å². The molecule has 0 aromatic heterocycles. The molecule has 4 amide bonds. The fraction of sp³-hybridized carbons (Fsp3) is 0.385. The van der Waals surface area contributed by atoms with Gasteiger partial charge in [0.25, 0.3) is 17.7 Å². The van der Waals surface area contributed by atoms with Crippen LogP contribution in [-0.4, -0.2) is 58.1 Å². The number of hydrogen-bond donors (Lipinski definition) is 1. The van der Waals surface area contributed by atoms with Crippen LogP contribution in [0.25, 0.3) is 0 Å². The summed E-state index contributed by atoms with van der Waals surface area (Å²) < 4.78 is 0. The molecule has 33 heavy (non-hydrogen) atoms. The van der Waals surface area contributed by atoms with E-state index in [2.05, 4.69) is 5.32 Å². The van der Waals surface area contributed by atoms with Crippen LogP contribution >= 0.6 is 0 Å². The number of imide groups is 1. The Hall–Kier alpha value is -3.48. The third-order valence-electron chi connectivity index (χ3n) is 6.16. The zero-order valence-corrected chi connectivity index (χ0v) is 19.3. The summed E-state index contributed by atoms with van der Waals surface area (Å²) in [5.41, 5.74) is 1.36. The van der Waals surface area contributed by atoms with Crippen molar-refractivity contribution < 1.29 is 19.2 Å². The van der Waals surface area contributed by atoms with Gasteiger partial charge in [-0.1, -0.05) is 30.3 Å². The Morgan fingerprint density at radius 2 is 1.58 bits per heavy atom. The van der Waals surface area contributed by atoms with Crippen LogP contribution in [0.3, 0.4) is 0 Å². The molecule has 2 aliphatic rings. The van der Waals surface area contributed by atoms with Gasteiger partial charge in [-0.25, -0.2) is 0 Å². The van der Waals surface area contributed by atoms with Gasteiger partial charge < -0.3 is 10.2 Å². The molecule has 0 spiro atoms. The maximum atomic E-state index is 13.1. The van der Waals surface area contributed by atoms with Crippen molar-refractivity contribution in [2.45, 2.75) is 51.6 Å². The minimum atomic E-state index is -0.635. The maximum absolute atomic E-state index is 13.1. The van der Waals surface area contributed by atoms with Crippen molar-refractivity contribution >= 4 is 23.6 Å². The number of benzene rings is 2. The fourth-order valence-electron chi connectivity index (χ4n) is 4.45. The van der Waals surface area contributed by atoms with E-state index in [1.54, 1.807) is 17.0 Å². The Labute approximate surface area is 193 Å². The second kappa shape index (κ2) is 8.81. The lowest BCUT2D eigenvalue weighted by Gasteiger charge is -2.32. The molecule has 0 bridgehead atoms. The molecule has 1 saturated heterocycles. The molecule has 2 aromatic carbocycles. The van der Waals surface area contributed by atoms with Crippen LogP contribution in [0.5, 0.6) is 0 Å². The van der Waals surface area contributed by atoms with Crippen LogP contribution in [0, 0.1) is 0 Å². The highest BCUT2D eigenvalue weighted by atomic mass is 16.2. The minimum Gasteiger partial charge on any atom is -0.353 e. The Bertz CT molecular complexity index is 1100. The highest BCUT2D eigenvalue weighted by molar-refractivity contribution is 6.22. The molecule has 7 nitrogen and oxygen atoms in total. The third kappa shape index (κ3) is 4.67. The van der Waals surface area contributed by atoms with Gasteiger partial charge in [0.2, 0.25) is 5.91 Å².